The highest BCUT2D eigenvalue weighted by Gasteiger charge is 2.31. The fourth-order valence-electron chi connectivity index (χ4n) is 2.56. The summed E-state index contributed by atoms with van der Waals surface area (Å²) in [6, 6.07) is 3.42. The largest absolute Gasteiger partial charge is 0.462 e. The van der Waals surface area contributed by atoms with E-state index >= 15 is 0 Å². The Morgan fingerprint density at radius 2 is 2.19 bits per heavy atom. The lowest BCUT2D eigenvalue weighted by molar-refractivity contribution is 0.00493. The number of pyridine rings is 1. The Labute approximate surface area is 125 Å². The molecule has 1 saturated carbocycles. The predicted molar refractivity (Wildman–Crippen MR) is 81.3 cm³/mol. The first-order chi connectivity index (χ1) is 10.0. The van der Waals surface area contributed by atoms with Crippen molar-refractivity contribution in [1.82, 2.24) is 4.98 Å². The van der Waals surface area contributed by atoms with Gasteiger partial charge in [-0.2, -0.15) is 0 Å². The summed E-state index contributed by atoms with van der Waals surface area (Å²) >= 11 is 0. The summed E-state index contributed by atoms with van der Waals surface area (Å²) in [6.07, 6.45) is 5.26. The molecule has 1 aromatic rings. The molecule has 2 rings (SSSR count). The van der Waals surface area contributed by atoms with Crippen molar-refractivity contribution in [3.8, 4) is 0 Å². The minimum Gasteiger partial charge on any atom is -0.462 e. The van der Waals surface area contributed by atoms with E-state index in [9.17, 15) is 9.90 Å². The van der Waals surface area contributed by atoms with Crippen molar-refractivity contribution in [2.24, 2.45) is 5.92 Å². The minimum atomic E-state index is -0.645. The lowest BCUT2D eigenvalue weighted by atomic mass is 9.79. The number of esters is 1. The maximum absolute atomic E-state index is 11.5. The molecule has 0 amide bonds. The molecule has 21 heavy (non-hydrogen) atoms. The number of rotatable bonds is 5. The SMILES string of the molecule is CCOC(=O)c1ccc(NCC2(O)CCC(C)CC2)nc1. The van der Waals surface area contributed by atoms with Crippen molar-refractivity contribution in [2.75, 3.05) is 18.5 Å². The predicted octanol–water partition coefficient (Wildman–Crippen LogP) is 2.61. The monoisotopic (exact) mass is 292 g/mol. The van der Waals surface area contributed by atoms with Gasteiger partial charge in [-0.05, 0) is 50.7 Å². The summed E-state index contributed by atoms with van der Waals surface area (Å²) in [5.74, 6) is 0.999. The minimum absolute atomic E-state index is 0.351. The molecule has 1 aliphatic rings. The number of carbonyl (C=O) groups excluding carboxylic acids is 1. The second-order valence-corrected chi connectivity index (χ2v) is 5.91. The van der Waals surface area contributed by atoms with Gasteiger partial charge in [-0.15, -0.1) is 0 Å². The van der Waals surface area contributed by atoms with E-state index in [1.54, 1.807) is 19.1 Å². The summed E-state index contributed by atoms with van der Waals surface area (Å²) in [4.78, 5) is 15.7. The molecule has 116 valence electrons. The molecule has 0 aromatic carbocycles. The van der Waals surface area contributed by atoms with Gasteiger partial charge in [-0.3, -0.25) is 0 Å². The standard InChI is InChI=1S/C16H24N2O3/c1-3-21-15(19)13-4-5-14(17-10-13)18-11-16(20)8-6-12(2)7-9-16/h4-5,10,12,20H,3,6-9,11H2,1-2H3,(H,17,18). The van der Waals surface area contributed by atoms with Crippen molar-refractivity contribution in [1.29, 1.82) is 0 Å². The van der Waals surface area contributed by atoms with Crippen LogP contribution in [0, 0.1) is 5.92 Å². The Morgan fingerprint density at radius 3 is 2.76 bits per heavy atom. The van der Waals surface area contributed by atoms with Crippen molar-refractivity contribution in [2.45, 2.75) is 45.1 Å². The number of aliphatic hydroxyl groups is 1. The van der Waals surface area contributed by atoms with E-state index < -0.39 is 5.60 Å². The number of hydrogen-bond donors (Lipinski definition) is 2. The van der Waals surface area contributed by atoms with E-state index in [4.69, 9.17) is 4.74 Å². The van der Waals surface area contributed by atoms with Crippen molar-refractivity contribution in [3.63, 3.8) is 0 Å². The van der Waals surface area contributed by atoms with E-state index in [1.807, 2.05) is 0 Å². The van der Waals surface area contributed by atoms with E-state index in [-0.39, 0.29) is 5.97 Å². The fourth-order valence-corrected chi connectivity index (χ4v) is 2.56. The van der Waals surface area contributed by atoms with Crippen molar-refractivity contribution >= 4 is 11.8 Å². The van der Waals surface area contributed by atoms with Crippen LogP contribution in [-0.2, 0) is 4.74 Å². The molecule has 5 nitrogen and oxygen atoms in total. The number of ether oxygens (including phenoxy) is 1. The van der Waals surface area contributed by atoms with Crippen molar-refractivity contribution in [3.05, 3.63) is 23.9 Å². The first kappa shape index (κ1) is 15.8. The van der Waals surface area contributed by atoms with Gasteiger partial charge in [-0.1, -0.05) is 6.92 Å². The van der Waals surface area contributed by atoms with Crippen LogP contribution in [0.3, 0.4) is 0 Å². The van der Waals surface area contributed by atoms with E-state index in [2.05, 4.69) is 17.2 Å². The smallest absolute Gasteiger partial charge is 0.339 e. The number of carbonyl (C=O) groups is 1. The highest BCUT2D eigenvalue weighted by molar-refractivity contribution is 5.89. The van der Waals surface area contributed by atoms with Crippen LogP contribution in [-0.4, -0.2) is 34.8 Å². The molecule has 1 aromatic heterocycles. The van der Waals surface area contributed by atoms with Gasteiger partial charge in [0.25, 0.3) is 0 Å². The molecule has 0 radical (unpaired) electrons. The molecule has 5 heteroatoms. The average Bonchev–Trinajstić information content (AvgIpc) is 2.49. The molecule has 1 fully saturated rings. The van der Waals surface area contributed by atoms with Gasteiger partial charge in [0.15, 0.2) is 0 Å². The third-order valence-corrected chi connectivity index (χ3v) is 4.08. The Hall–Kier alpha value is -1.62. The van der Waals surface area contributed by atoms with Crippen LogP contribution >= 0.6 is 0 Å². The number of nitrogens with zero attached hydrogens (tertiary/aromatic N) is 1. The fraction of sp³-hybridized carbons (Fsp3) is 0.625. The molecule has 1 heterocycles. The molecule has 0 unspecified atom stereocenters. The van der Waals surface area contributed by atoms with Gasteiger partial charge < -0.3 is 15.2 Å². The zero-order chi connectivity index (χ0) is 15.3. The summed E-state index contributed by atoms with van der Waals surface area (Å²) in [6.45, 7) is 4.84. The second kappa shape index (κ2) is 6.89. The van der Waals surface area contributed by atoms with Gasteiger partial charge in [-0.25, -0.2) is 9.78 Å². The van der Waals surface area contributed by atoms with Crippen LogP contribution in [0.25, 0.3) is 0 Å². The van der Waals surface area contributed by atoms with E-state index in [0.717, 1.165) is 25.7 Å². The number of aromatic nitrogens is 1. The van der Waals surface area contributed by atoms with Gasteiger partial charge in [0.05, 0.1) is 17.8 Å². The summed E-state index contributed by atoms with van der Waals surface area (Å²) in [7, 11) is 0. The lowest BCUT2D eigenvalue weighted by Gasteiger charge is -2.35. The van der Waals surface area contributed by atoms with Crippen LogP contribution in [0.15, 0.2) is 18.3 Å². The van der Waals surface area contributed by atoms with Gasteiger partial charge >= 0.3 is 5.97 Å². The van der Waals surface area contributed by atoms with Crippen LogP contribution < -0.4 is 5.32 Å². The van der Waals surface area contributed by atoms with Gasteiger partial charge in [0.2, 0.25) is 0 Å². The van der Waals surface area contributed by atoms with Gasteiger partial charge in [0, 0.05) is 12.7 Å². The van der Waals surface area contributed by atoms with Crippen LogP contribution in [0.5, 0.6) is 0 Å². The van der Waals surface area contributed by atoms with Crippen molar-refractivity contribution < 1.29 is 14.6 Å². The molecule has 0 atom stereocenters. The molecule has 1 aliphatic carbocycles. The van der Waals surface area contributed by atoms with Crippen LogP contribution in [0.4, 0.5) is 5.82 Å². The number of hydrogen-bond acceptors (Lipinski definition) is 5. The average molecular weight is 292 g/mol. The molecule has 0 spiro atoms. The first-order valence-corrected chi connectivity index (χ1v) is 7.62. The Balaban J connectivity index is 1.87. The first-order valence-electron chi connectivity index (χ1n) is 7.62. The maximum Gasteiger partial charge on any atom is 0.339 e. The summed E-state index contributed by atoms with van der Waals surface area (Å²) in [5, 5.41) is 13.7. The second-order valence-electron chi connectivity index (χ2n) is 5.91. The van der Waals surface area contributed by atoms with Gasteiger partial charge in [0.1, 0.15) is 5.82 Å². The quantitative estimate of drug-likeness (QED) is 0.816. The zero-order valence-electron chi connectivity index (χ0n) is 12.8. The third kappa shape index (κ3) is 4.43. The van der Waals surface area contributed by atoms with Crippen LogP contribution in [0.2, 0.25) is 0 Å². The Morgan fingerprint density at radius 1 is 1.48 bits per heavy atom. The Bertz CT molecular complexity index is 465. The summed E-state index contributed by atoms with van der Waals surface area (Å²) in [5.41, 5.74) is -0.207. The molecular formula is C16H24N2O3. The molecular weight excluding hydrogens is 268 g/mol. The van der Waals surface area contributed by atoms with E-state index in [0.29, 0.717) is 30.5 Å². The summed E-state index contributed by atoms with van der Waals surface area (Å²) < 4.78 is 4.91. The molecule has 0 aliphatic heterocycles. The highest BCUT2D eigenvalue weighted by atomic mass is 16.5. The number of anilines is 1. The normalized spacial score (nSPS) is 25.4. The topological polar surface area (TPSA) is 71.5 Å². The van der Waals surface area contributed by atoms with Crippen LogP contribution in [0.1, 0.15) is 49.9 Å². The number of nitrogens with one attached hydrogen (secondary N) is 1. The molecule has 0 bridgehead atoms. The van der Waals surface area contributed by atoms with E-state index in [1.165, 1.54) is 6.20 Å². The molecule has 0 saturated heterocycles. The zero-order valence-corrected chi connectivity index (χ0v) is 12.8. The Kier molecular flexibility index (Phi) is 5.17. The lowest BCUT2D eigenvalue weighted by Crippen LogP contribution is -2.40. The third-order valence-electron chi connectivity index (χ3n) is 4.08. The highest BCUT2D eigenvalue weighted by Crippen LogP contribution is 2.31. The maximum atomic E-state index is 11.5. The molecule has 2 N–H and O–H groups in total.